The molecule has 0 spiro atoms. The van der Waals surface area contributed by atoms with Crippen LogP contribution in [-0.2, 0) is 20.7 Å². The molecule has 3 N–H and O–H groups in total. The third-order valence-electron chi connectivity index (χ3n) is 3.42. The Morgan fingerprint density at radius 1 is 1.25 bits per heavy atom. The van der Waals surface area contributed by atoms with Crippen LogP contribution in [0.1, 0.15) is 25.8 Å². The zero-order chi connectivity index (χ0) is 17.7. The molecular formula is C16H20N2O6. The molecule has 1 aliphatic rings. The van der Waals surface area contributed by atoms with E-state index in [1.807, 2.05) is 11.4 Å². The molecule has 1 heterocycles. The Bertz CT molecular complexity index is 643. The zero-order valence-corrected chi connectivity index (χ0v) is 13.5. The minimum atomic E-state index is -1.07. The molecule has 2 rings (SSSR count). The standard InChI is InChI=1S/C16H20N2O6/c1-9(2)14(15(20)18-16(17)21)24-13(19)6-4-10-3-5-11-12(7-10)23-8-22-11/h3,5,7,9,14H,4,6,8H2,1-2H3,(H3,17,18,20,21)/t14-/m1/s1. The summed E-state index contributed by atoms with van der Waals surface area (Å²) >= 11 is 0. The summed E-state index contributed by atoms with van der Waals surface area (Å²) in [7, 11) is 0. The summed E-state index contributed by atoms with van der Waals surface area (Å²) < 4.78 is 15.7. The average Bonchev–Trinajstić information content (AvgIpc) is 2.97. The van der Waals surface area contributed by atoms with E-state index in [0.717, 1.165) is 5.56 Å². The van der Waals surface area contributed by atoms with Crippen LogP contribution >= 0.6 is 0 Å². The number of rotatable bonds is 6. The predicted octanol–water partition coefficient (Wildman–Crippen LogP) is 1.11. The highest BCUT2D eigenvalue weighted by Crippen LogP contribution is 2.32. The highest BCUT2D eigenvalue weighted by molar-refractivity contribution is 5.96. The number of imide groups is 1. The topological polar surface area (TPSA) is 117 Å². The molecule has 8 heteroatoms. The van der Waals surface area contributed by atoms with Gasteiger partial charge in [0.05, 0.1) is 0 Å². The lowest BCUT2D eigenvalue weighted by Crippen LogP contribution is -2.45. The van der Waals surface area contributed by atoms with E-state index in [4.69, 9.17) is 19.9 Å². The molecule has 1 atom stereocenters. The van der Waals surface area contributed by atoms with Gasteiger partial charge in [-0.3, -0.25) is 14.9 Å². The van der Waals surface area contributed by atoms with Gasteiger partial charge in [0, 0.05) is 6.42 Å². The van der Waals surface area contributed by atoms with Crippen molar-refractivity contribution in [2.75, 3.05) is 6.79 Å². The second-order valence-corrected chi connectivity index (χ2v) is 5.70. The van der Waals surface area contributed by atoms with Crippen LogP contribution in [0.5, 0.6) is 11.5 Å². The van der Waals surface area contributed by atoms with Gasteiger partial charge in [-0.1, -0.05) is 19.9 Å². The maximum Gasteiger partial charge on any atom is 0.318 e. The van der Waals surface area contributed by atoms with Crippen LogP contribution in [-0.4, -0.2) is 30.8 Å². The van der Waals surface area contributed by atoms with E-state index in [9.17, 15) is 14.4 Å². The summed E-state index contributed by atoms with van der Waals surface area (Å²) in [5.74, 6) is -0.246. The summed E-state index contributed by atoms with van der Waals surface area (Å²) in [6, 6.07) is 4.43. The van der Waals surface area contributed by atoms with Gasteiger partial charge in [0.2, 0.25) is 6.79 Å². The fourth-order valence-electron chi connectivity index (χ4n) is 2.23. The fourth-order valence-corrected chi connectivity index (χ4v) is 2.23. The molecular weight excluding hydrogens is 316 g/mol. The summed E-state index contributed by atoms with van der Waals surface area (Å²) in [5, 5.41) is 1.92. The van der Waals surface area contributed by atoms with Crippen LogP contribution < -0.4 is 20.5 Å². The number of esters is 1. The van der Waals surface area contributed by atoms with Crippen LogP contribution in [0.15, 0.2) is 18.2 Å². The minimum absolute atomic E-state index is 0.0900. The Balaban J connectivity index is 1.89. The fraction of sp³-hybridized carbons (Fsp3) is 0.438. The Morgan fingerprint density at radius 2 is 1.96 bits per heavy atom. The van der Waals surface area contributed by atoms with Gasteiger partial charge in [0.25, 0.3) is 5.91 Å². The number of urea groups is 1. The van der Waals surface area contributed by atoms with Crippen LogP contribution in [0.4, 0.5) is 4.79 Å². The third kappa shape index (κ3) is 4.61. The molecule has 1 aliphatic heterocycles. The van der Waals surface area contributed by atoms with E-state index < -0.39 is 24.0 Å². The van der Waals surface area contributed by atoms with Gasteiger partial charge in [-0.15, -0.1) is 0 Å². The van der Waals surface area contributed by atoms with Gasteiger partial charge in [-0.05, 0) is 30.0 Å². The highest BCUT2D eigenvalue weighted by Gasteiger charge is 2.27. The van der Waals surface area contributed by atoms with Crippen LogP contribution in [0.3, 0.4) is 0 Å². The number of amides is 3. The average molecular weight is 336 g/mol. The van der Waals surface area contributed by atoms with Crippen molar-refractivity contribution in [3.8, 4) is 11.5 Å². The molecule has 0 bridgehead atoms. The summed E-state index contributed by atoms with van der Waals surface area (Å²) in [4.78, 5) is 34.5. The highest BCUT2D eigenvalue weighted by atomic mass is 16.7. The molecule has 0 unspecified atom stereocenters. The summed E-state index contributed by atoms with van der Waals surface area (Å²) in [5.41, 5.74) is 5.80. The number of hydrogen-bond acceptors (Lipinski definition) is 6. The number of nitrogens with two attached hydrogens (primary N) is 1. The van der Waals surface area contributed by atoms with Gasteiger partial charge in [-0.25, -0.2) is 4.79 Å². The van der Waals surface area contributed by atoms with E-state index in [0.29, 0.717) is 17.9 Å². The molecule has 0 saturated carbocycles. The Hall–Kier alpha value is -2.77. The Morgan fingerprint density at radius 3 is 2.62 bits per heavy atom. The molecule has 1 aromatic carbocycles. The number of carbonyl (C=O) groups excluding carboxylic acids is 3. The molecule has 0 aliphatic carbocycles. The van der Waals surface area contributed by atoms with Crippen molar-refractivity contribution in [3.63, 3.8) is 0 Å². The number of nitrogens with one attached hydrogen (secondary N) is 1. The van der Waals surface area contributed by atoms with E-state index in [1.165, 1.54) is 0 Å². The lowest BCUT2D eigenvalue weighted by atomic mass is 10.1. The number of carbonyl (C=O) groups is 3. The number of fused-ring (bicyclic) bond motifs is 1. The van der Waals surface area contributed by atoms with Gasteiger partial charge in [0.1, 0.15) is 0 Å². The van der Waals surface area contributed by atoms with Crippen molar-refractivity contribution in [1.82, 2.24) is 5.32 Å². The quantitative estimate of drug-likeness (QED) is 0.752. The molecule has 130 valence electrons. The molecule has 0 radical (unpaired) electrons. The number of ether oxygens (including phenoxy) is 3. The third-order valence-corrected chi connectivity index (χ3v) is 3.42. The SMILES string of the molecule is CC(C)[C@@H](OC(=O)CCc1ccc2c(c1)OCO2)C(=O)NC(N)=O. The Kier molecular flexibility index (Phi) is 5.62. The monoisotopic (exact) mass is 336 g/mol. The van der Waals surface area contributed by atoms with Gasteiger partial charge in [-0.2, -0.15) is 0 Å². The molecule has 24 heavy (non-hydrogen) atoms. The van der Waals surface area contributed by atoms with Crippen molar-refractivity contribution in [2.45, 2.75) is 32.8 Å². The number of primary amides is 1. The first kappa shape index (κ1) is 17.6. The lowest BCUT2D eigenvalue weighted by molar-refractivity contribution is -0.158. The van der Waals surface area contributed by atoms with Crippen molar-refractivity contribution in [1.29, 1.82) is 0 Å². The van der Waals surface area contributed by atoms with Crippen LogP contribution in [0, 0.1) is 5.92 Å². The number of aryl methyl sites for hydroxylation is 1. The van der Waals surface area contributed by atoms with Crippen molar-refractivity contribution < 1.29 is 28.6 Å². The lowest BCUT2D eigenvalue weighted by Gasteiger charge is -2.19. The molecule has 0 fully saturated rings. The molecule has 1 aromatic rings. The largest absolute Gasteiger partial charge is 0.454 e. The van der Waals surface area contributed by atoms with Crippen LogP contribution in [0.25, 0.3) is 0 Å². The van der Waals surface area contributed by atoms with Gasteiger partial charge >= 0.3 is 12.0 Å². The van der Waals surface area contributed by atoms with E-state index in [2.05, 4.69) is 0 Å². The van der Waals surface area contributed by atoms with Gasteiger partial charge in [0.15, 0.2) is 17.6 Å². The maximum atomic E-state index is 12.0. The predicted molar refractivity (Wildman–Crippen MR) is 83.3 cm³/mol. The minimum Gasteiger partial charge on any atom is -0.454 e. The summed E-state index contributed by atoms with van der Waals surface area (Å²) in [6.45, 7) is 3.60. The number of hydrogen-bond donors (Lipinski definition) is 2. The molecule has 3 amide bonds. The molecule has 8 nitrogen and oxygen atoms in total. The van der Waals surface area contributed by atoms with Crippen molar-refractivity contribution >= 4 is 17.9 Å². The Labute approximate surface area is 139 Å². The second kappa shape index (κ2) is 7.67. The van der Waals surface area contributed by atoms with Crippen molar-refractivity contribution in [2.24, 2.45) is 11.7 Å². The smallest absolute Gasteiger partial charge is 0.318 e. The molecule has 0 saturated heterocycles. The van der Waals surface area contributed by atoms with Crippen molar-refractivity contribution in [3.05, 3.63) is 23.8 Å². The first-order valence-electron chi connectivity index (χ1n) is 7.55. The first-order valence-corrected chi connectivity index (χ1v) is 7.55. The van der Waals surface area contributed by atoms with E-state index in [1.54, 1.807) is 26.0 Å². The van der Waals surface area contributed by atoms with Crippen LogP contribution in [0.2, 0.25) is 0 Å². The maximum absolute atomic E-state index is 12.0. The van der Waals surface area contributed by atoms with E-state index in [-0.39, 0.29) is 19.1 Å². The molecule has 0 aromatic heterocycles. The van der Waals surface area contributed by atoms with E-state index >= 15 is 0 Å². The normalized spacial score (nSPS) is 13.5. The summed E-state index contributed by atoms with van der Waals surface area (Å²) in [6.07, 6.45) is -0.550. The zero-order valence-electron chi connectivity index (χ0n) is 13.5. The second-order valence-electron chi connectivity index (χ2n) is 5.70. The number of benzene rings is 1. The first-order chi connectivity index (χ1) is 11.4. The van der Waals surface area contributed by atoms with Gasteiger partial charge < -0.3 is 19.9 Å².